The van der Waals surface area contributed by atoms with Gasteiger partial charge in [0.25, 0.3) is 0 Å². The van der Waals surface area contributed by atoms with Gasteiger partial charge in [-0.2, -0.15) is 0 Å². The minimum absolute atomic E-state index is 0.150. The van der Waals surface area contributed by atoms with Gasteiger partial charge in [0.15, 0.2) is 0 Å². The Balaban J connectivity index is 2.03. The average Bonchev–Trinajstić information content (AvgIpc) is 3.03. The molecule has 2 N–H and O–H groups in total. The van der Waals surface area contributed by atoms with Gasteiger partial charge in [-0.15, -0.1) is 11.3 Å². The number of rotatable bonds is 5. The molecule has 1 atom stereocenters. The molecular weight excluding hydrogens is 218 g/mol. The molecule has 3 nitrogen and oxygen atoms in total. The number of nitrogens with zero attached hydrogens (tertiary/aromatic N) is 2. The predicted octanol–water partition coefficient (Wildman–Crippen LogP) is 2.01. The number of likely N-dealkylation sites (N-methyl/N-ethyl adjacent to an activating group) is 1. The monoisotopic (exact) mass is 239 g/mol. The third-order valence-corrected chi connectivity index (χ3v) is 4.63. The van der Waals surface area contributed by atoms with Crippen molar-refractivity contribution in [3.8, 4) is 0 Å². The molecule has 1 aliphatic rings. The summed E-state index contributed by atoms with van der Waals surface area (Å²) >= 11 is 1.72. The van der Waals surface area contributed by atoms with E-state index < -0.39 is 0 Å². The smallest absolute Gasteiger partial charge is 0.0897 e. The molecule has 0 aliphatic heterocycles. The van der Waals surface area contributed by atoms with Crippen molar-refractivity contribution >= 4 is 11.3 Å². The van der Waals surface area contributed by atoms with Crippen molar-refractivity contribution in [2.75, 3.05) is 13.6 Å². The van der Waals surface area contributed by atoms with Crippen LogP contribution in [0.5, 0.6) is 0 Å². The first kappa shape index (κ1) is 12.0. The summed E-state index contributed by atoms with van der Waals surface area (Å²) < 4.78 is 0. The number of hydrogen-bond donors (Lipinski definition) is 1. The van der Waals surface area contributed by atoms with Crippen LogP contribution in [0.4, 0.5) is 0 Å². The number of aryl methyl sites for hydroxylation is 1. The fourth-order valence-electron chi connectivity index (χ4n) is 2.24. The summed E-state index contributed by atoms with van der Waals surface area (Å²) in [5.41, 5.74) is 7.27. The van der Waals surface area contributed by atoms with Gasteiger partial charge in [-0.25, -0.2) is 4.98 Å². The second-order valence-corrected chi connectivity index (χ2v) is 6.11. The normalized spacial score (nSPS) is 20.1. The average molecular weight is 239 g/mol. The van der Waals surface area contributed by atoms with Gasteiger partial charge in [0.05, 0.1) is 10.7 Å². The van der Waals surface area contributed by atoms with Crippen LogP contribution in [-0.2, 0) is 6.54 Å². The summed E-state index contributed by atoms with van der Waals surface area (Å²) in [4.78, 5) is 6.89. The van der Waals surface area contributed by atoms with E-state index in [1.165, 1.54) is 18.5 Å². The quantitative estimate of drug-likeness (QED) is 0.854. The Morgan fingerprint density at radius 3 is 2.75 bits per heavy atom. The molecule has 0 amide bonds. The first-order chi connectivity index (χ1) is 7.56. The molecule has 1 aliphatic carbocycles. The predicted molar refractivity (Wildman–Crippen MR) is 68.5 cm³/mol. The fraction of sp³-hybridized carbons (Fsp3) is 0.750. The van der Waals surface area contributed by atoms with Crippen LogP contribution in [0.1, 0.15) is 30.5 Å². The molecule has 1 aromatic heterocycles. The SMILES string of the molecule is Cc1nc(CN(C)C(C)(CN)C2CC2)cs1. The van der Waals surface area contributed by atoms with E-state index in [0.717, 1.165) is 24.0 Å². The molecule has 0 bridgehead atoms. The van der Waals surface area contributed by atoms with E-state index in [4.69, 9.17) is 5.73 Å². The lowest BCUT2D eigenvalue weighted by atomic mass is 9.94. The zero-order valence-corrected chi connectivity index (χ0v) is 11.2. The Hall–Kier alpha value is -0.450. The standard InChI is InChI=1S/C12H21N3S/c1-9-14-11(7-16-9)6-15(3)12(2,8-13)10-4-5-10/h7,10H,4-6,8,13H2,1-3H3. The van der Waals surface area contributed by atoms with Gasteiger partial charge in [-0.3, -0.25) is 4.90 Å². The highest BCUT2D eigenvalue weighted by molar-refractivity contribution is 7.09. The largest absolute Gasteiger partial charge is 0.329 e. The van der Waals surface area contributed by atoms with Crippen LogP contribution >= 0.6 is 11.3 Å². The van der Waals surface area contributed by atoms with Gasteiger partial charge in [0.2, 0.25) is 0 Å². The van der Waals surface area contributed by atoms with Crippen molar-refractivity contribution in [2.45, 2.75) is 38.8 Å². The lowest BCUT2D eigenvalue weighted by molar-refractivity contribution is 0.111. The van der Waals surface area contributed by atoms with Gasteiger partial charge in [-0.05, 0) is 39.7 Å². The number of nitrogens with two attached hydrogens (primary N) is 1. The zero-order chi connectivity index (χ0) is 11.8. The summed E-state index contributed by atoms with van der Waals surface area (Å²) in [5.74, 6) is 0.780. The van der Waals surface area contributed by atoms with Crippen LogP contribution in [0.2, 0.25) is 0 Å². The zero-order valence-electron chi connectivity index (χ0n) is 10.4. The third kappa shape index (κ3) is 2.29. The van der Waals surface area contributed by atoms with Crippen LogP contribution in [0, 0.1) is 12.8 Å². The first-order valence-corrected chi connectivity index (χ1v) is 6.76. The maximum absolute atomic E-state index is 5.95. The van der Waals surface area contributed by atoms with Crippen LogP contribution in [0.15, 0.2) is 5.38 Å². The van der Waals surface area contributed by atoms with Crippen LogP contribution in [0.3, 0.4) is 0 Å². The lowest BCUT2D eigenvalue weighted by Crippen LogP contribution is -2.51. The Kier molecular flexibility index (Phi) is 3.33. The molecule has 4 heteroatoms. The molecule has 0 saturated heterocycles. The van der Waals surface area contributed by atoms with Gasteiger partial charge < -0.3 is 5.73 Å². The summed E-state index contributed by atoms with van der Waals surface area (Å²) in [7, 11) is 2.17. The molecule has 0 radical (unpaired) electrons. The topological polar surface area (TPSA) is 42.2 Å². The summed E-state index contributed by atoms with van der Waals surface area (Å²) in [6, 6.07) is 0. The summed E-state index contributed by atoms with van der Waals surface area (Å²) in [6.07, 6.45) is 2.66. The van der Waals surface area contributed by atoms with E-state index in [1.54, 1.807) is 11.3 Å². The second kappa shape index (κ2) is 4.43. The van der Waals surface area contributed by atoms with Crippen molar-refractivity contribution < 1.29 is 0 Å². The van der Waals surface area contributed by atoms with Gasteiger partial charge in [0.1, 0.15) is 0 Å². The Morgan fingerprint density at radius 2 is 2.31 bits per heavy atom. The highest BCUT2D eigenvalue weighted by Gasteiger charge is 2.43. The lowest BCUT2D eigenvalue weighted by Gasteiger charge is -2.38. The van der Waals surface area contributed by atoms with Gasteiger partial charge in [0, 0.05) is 24.0 Å². The maximum atomic E-state index is 5.95. The fourth-order valence-corrected chi connectivity index (χ4v) is 2.85. The van der Waals surface area contributed by atoms with Crippen molar-refractivity contribution in [2.24, 2.45) is 11.7 Å². The van der Waals surface area contributed by atoms with E-state index in [-0.39, 0.29) is 5.54 Å². The van der Waals surface area contributed by atoms with Crippen molar-refractivity contribution in [3.05, 3.63) is 16.1 Å². The van der Waals surface area contributed by atoms with Gasteiger partial charge >= 0.3 is 0 Å². The summed E-state index contributed by atoms with van der Waals surface area (Å²) in [6.45, 7) is 5.98. The highest BCUT2D eigenvalue weighted by atomic mass is 32.1. The number of thiazole rings is 1. The van der Waals surface area contributed by atoms with E-state index in [0.29, 0.717) is 0 Å². The van der Waals surface area contributed by atoms with E-state index in [9.17, 15) is 0 Å². The van der Waals surface area contributed by atoms with Crippen molar-refractivity contribution in [3.63, 3.8) is 0 Å². The van der Waals surface area contributed by atoms with Crippen LogP contribution < -0.4 is 5.73 Å². The third-order valence-electron chi connectivity index (χ3n) is 3.81. The molecule has 16 heavy (non-hydrogen) atoms. The molecule has 2 rings (SSSR count). The minimum atomic E-state index is 0.150. The van der Waals surface area contributed by atoms with E-state index in [2.05, 4.69) is 36.2 Å². The molecule has 1 unspecified atom stereocenters. The van der Waals surface area contributed by atoms with E-state index in [1.807, 2.05) is 0 Å². The molecule has 1 fully saturated rings. The van der Waals surface area contributed by atoms with E-state index >= 15 is 0 Å². The molecular formula is C12H21N3S. The van der Waals surface area contributed by atoms with Crippen molar-refractivity contribution in [1.82, 2.24) is 9.88 Å². The van der Waals surface area contributed by atoms with Crippen LogP contribution in [0.25, 0.3) is 0 Å². The van der Waals surface area contributed by atoms with Crippen molar-refractivity contribution in [1.29, 1.82) is 0 Å². The molecule has 1 aromatic rings. The minimum Gasteiger partial charge on any atom is -0.329 e. The molecule has 1 saturated carbocycles. The van der Waals surface area contributed by atoms with Gasteiger partial charge in [-0.1, -0.05) is 0 Å². The number of hydrogen-bond acceptors (Lipinski definition) is 4. The van der Waals surface area contributed by atoms with Crippen LogP contribution in [-0.4, -0.2) is 29.0 Å². The number of aromatic nitrogens is 1. The molecule has 1 heterocycles. The molecule has 0 spiro atoms. The Morgan fingerprint density at radius 1 is 1.62 bits per heavy atom. The molecule has 0 aromatic carbocycles. The first-order valence-electron chi connectivity index (χ1n) is 5.88. The molecule has 90 valence electrons. The second-order valence-electron chi connectivity index (χ2n) is 5.05. The highest BCUT2D eigenvalue weighted by Crippen LogP contribution is 2.42. The summed E-state index contributed by atoms with van der Waals surface area (Å²) in [5, 5.41) is 3.29. The Labute approximate surface area is 102 Å². The Bertz CT molecular complexity index is 359. The maximum Gasteiger partial charge on any atom is 0.0897 e.